The molecule has 0 aromatic carbocycles. The average molecular weight is 917 g/mol. The highest BCUT2D eigenvalue weighted by Gasteiger charge is 2.50. The highest BCUT2D eigenvalue weighted by molar-refractivity contribution is 6.27. The molecule has 9 nitrogen and oxygen atoms in total. The maximum atomic E-state index is 11.5. The molecule has 3 fully saturated rings. The minimum atomic E-state index is -0.675. The maximum absolute atomic E-state index is 11.5. The minimum Gasteiger partial charge on any atom is -0.373 e. The summed E-state index contributed by atoms with van der Waals surface area (Å²) in [6, 6.07) is 2.08. The Labute approximate surface area is 391 Å². The van der Waals surface area contributed by atoms with E-state index in [0.717, 1.165) is 64.7 Å². The van der Waals surface area contributed by atoms with Crippen LogP contribution in [0.25, 0.3) is 0 Å². The second-order valence-electron chi connectivity index (χ2n) is 24.3. The number of ketones is 2. The number of nitriles is 1. The van der Waals surface area contributed by atoms with E-state index < -0.39 is 5.41 Å². The molecule has 0 bridgehead atoms. The Morgan fingerprint density at radius 1 is 0.726 bits per heavy atom. The van der Waals surface area contributed by atoms with Crippen LogP contribution in [-0.2, 0) is 28.7 Å². The van der Waals surface area contributed by atoms with Crippen molar-refractivity contribution in [1.29, 1.82) is 5.26 Å². The summed E-state index contributed by atoms with van der Waals surface area (Å²) in [6.07, 6.45) is 11.6. The third-order valence-corrected chi connectivity index (χ3v) is 10.1. The van der Waals surface area contributed by atoms with Crippen molar-refractivity contribution in [3.8, 4) is 6.07 Å². The Balaban J connectivity index is -0.000000680. The van der Waals surface area contributed by atoms with Crippen molar-refractivity contribution in [2.75, 3.05) is 45.1 Å². The van der Waals surface area contributed by atoms with Crippen molar-refractivity contribution in [2.24, 2.45) is 37.9 Å². The number of hydrogen-bond acceptors (Lipinski definition) is 7. The molecule has 364 valence electrons. The van der Waals surface area contributed by atoms with E-state index in [9.17, 15) is 19.2 Å². The van der Waals surface area contributed by atoms with Gasteiger partial charge in [0, 0.05) is 33.0 Å². The first-order valence-electron chi connectivity index (χ1n) is 22.8. The molecular formula is C51H95Cl2N3O6. The van der Waals surface area contributed by atoms with Crippen LogP contribution in [0.5, 0.6) is 0 Å². The van der Waals surface area contributed by atoms with Crippen LogP contribution >= 0.6 is 23.2 Å². The smallest absolute Gasteiger partial charge is 0.240 e. The van der Waals surface area contributed by atoms with Gasteiger partial charge in [-0.1, -0.05) is 131 Å². The fourth-order valence-corrected chi connectivity index (χ4v) is 5.29. The van der Waals surface area contributed by atoms with Gasteiger partial charge >= 0.3 is 0 Å². The first-order chi connectivity index (χ1) is 27.9. The standard InChI is InChI=1S/C10H16N2O.C10H18O.C9H18ClNO.C9H17ClO.C7H14O.C6H12O/c1-9(2,3)7-12-8(13)10(6-11)4-5-10;1-5-9(11)7-6-8-10(2,3)4;1-9(2,3)5-6-11(4)8(12)7-10;1-9(2,3)6-4-5-8(11)7-10;1-7(2,3)4-6-5-8-6;1-6(2,3)5-4-7-5/h4-5,7H2,1-3H3,(H,12,13);5H,1,6-8H2,2-4H3;5-7H2,1-4H3;4-7H2,1-3H3;6H,4-5H2,1-3H3;5H,4H2,1-3H3. The topological polar surface area (TPSA) is 132 Å². The molecule has 0 aromatic heterocycles. The molecule has 11 heteroatoms. The summed E-state index contributed by atoms with van der Waals surface area (Å²) in [4.78, 5) is 45.7. The molecule has 1 aliphatic carbocycles. The van der Waals surface area contributed by atoms with Gasteiger partial charge in [0.2, 0.25) is 11.8 Å². The molecule has 0 aromatic rings. The Hall–Kier alpha value is -1.99. The Kier molecular flexibility index (Phi) is 30.6. The van der Waals surface area contributed by atoms with Crippen molar-refractivity contribution >= 4 is 46.6 Å². The third-order valence-electron chi connectivity index (χ3n) is 9.57. The second-order valence-corrected chi connectivity index (χ2v) is 24.8. The molecule has 2 saturated heterocycles. The van der Waals surface area contributed by atoms with Gasteiger partial charge in [-0.3, -0.25) is 19.2 Å². The number of nitrogens with zero attached hydrogens (tertiary/aromatic N) is 2. The van der Waals surface area contributed by atoms with E-state index in [1.807, 2.05) is 0 Å². The van der Waals surface area contributed by atoms with Crippen molar-refractivity contribution < 1.29 is 28.7 Å². The molecule has 2 aliphatic heterocycles. The molecule has 0 radical (unpaired) electrons. The molecule has 1 saturated carbocycles. The van der Waals surface area contributed by atoms with Gasteiger partial charge in [-0.05, 0) is 89.9 Å². The number of alkyl halides is 2. The molecule has 2 heterocycles. The number of rotatable bonds is 14. The number of epoxide rings is 2. The van der Waals surface area contributed by atoms with E-state index in [-0.39, 0.29) is 46.0 Å². The summed E-state index contributed by atoms with van der Waals surface area (Å²) in [6.45, 7) is 45.9. The number of nitrogens with one attached hydrogen (secondary N) is 1. The predicted octanol–water partition coefficient (Wildman–Crippen LogP) is 12.8. The summed E-state index contributed by atoms with van der Waals surface area (Å²) in [5.74, 6) is 0.487. The number of carbonyl (C=O) groups is 4. The van der Waals surface area contributed by atoms with Gasteiger partial charge in [0.1, 0.15) is 17.1 Å². The Bertz CT molecular complexity index is 1340. The number of ether oxygens (including phenoxy) is 2. The molecule has 1 N–H and O–H groups in total. The zero-order chi connectivity index (χ0) is 49.4. The summed E-state index contributed by atoms with van der Waals surface area (Å²) < 4.78 is 10.2. The van der Waals surface area contributed by atoms with Crippen molar-refractivity contribution in [1.82, 2.24) is 10.2 Å². The van der Waals surface area contributed by atoms with Gasteiger partial charge in [-0.25, -0.2) is 0 Å². The van der Waals surface area contributed by atoms with Gasteiger partial charge < -0.3 is 19.7 Å². The number of allylic oxidation sites excluding steroid dienone is 1. The lowest BCUT2D eigenvalue weighted by Gasteiger charge is -2.23. The van der Waals surface area contributed by atoms with Crippen LogP contribution in [0.3, 0.4) is 0 Å². The molecule has 2 atom stereocenters. The summed E-state index contributed by atoms with van der Waals surface area (Å²) in [7, 11) is 1.79. The lowest BCUT2D eigenvalue weighted by atomic mass is 9.89. The lowest BCUT2D eigenvalue weighted by molar-refractivity contribution is -0.127. The van der Waals surface area contributed by atoms with Crippen molar-refractivity contribution in [3.05, 3.63) is 12.7 Å². The van der Waals surface area contributed by atoms with Crippen LogP contribution in [0.1, 0.15) is 189 Å². The molecule has 3 rings (SSSR count). The quantitative estimate of drug-likeness (QED) is 0.104. The van der Waals surface area contributed by atoms with Gasteiger partial charge in [0.25, 0.3) is 0 Å². The summed E-state index contributed by atoms with van der Waals surface area (Å²) in [5.41, 5.74) is 1.22. The van der Waals surface area contributed by atoms with Crippen LogP contribution in [0, 0.1) is 49.2 Å². The molecular weight excluding hydrogens is 821 g/mol. The number of amides is 2. The zero-order valence-electron chi connectivity index (χ0n) is 43.4. The van der Waals surface area contributed by atoms with E-state index in [1.165, 1.54) is 12.5 Å². The maximum Gasteiger partial charge on any atom is 0.240 e. The van der Waals surface area contributed by atoms with Crippen LogP contribution in [0.2, 0.25) is 0 Å². The van der Waals surface area contributed by atoms with Crippen LogP contribution in [-0.4, -0.2) is 85.6 Å². The van der Waals surface area contributed by atoms with Gasteiger partial charge in [-0.2, -0.15) is 5.26 Å². The summed E-state index contributed by atoms with van der Waals surface area (Å²) >= 11 is 10.8. The van der Waals surface area contributed by atoms with E-state index >= 15 is 0 Å². The fraction of sp³-hybridized carbons (Fsp3) is 0.863. The van der Waals surface area contributed by atoms with Gasteiger partial charge in [0.15, 0.2) is 5.78 Å². The van der Waals surface area contributed by atoms with Gasteiger partial charge in [0.05, 0.1) is 37.4 Å². The van der Waals surface area contributed by atoms with Crippen LogP contribution < -0.4 is 5.32 Å². The highest BCUT2D eigenvalue weighted by atomic mass is 35.5. The number of halogens is 2. The predicted molar refractivity (Wildman–Crippen MR) is 263 cm³/mol. The largest absolute Gasteiger partial charge is 0.373 e. The number of carbonyl (C=O) groups excluding carboxylic acids is 4. The summed E-state index contributed by atoms with van der Waals surface area (Å²) in [5, 5.41) is 11.6. The first kappa shape index (κ1) is 64.3. The second kappa shape index (κ2) is 29.5. The van der Waals surface area contributed by atoms with E-state index in [0.29, 0.717) is 53.3 Å². The molecule has 62 heavy (non-hydrogen) atoms. The Morgan fingerprint density at radius 2 is 1.18 bits per heavy atom. The highest BCUT2D eigenvalue weighted by Crippen LogP contribution is 2.45. The fourth-order valence-electron chi connectivity index (χ4n) is 4.95. The van der Waals surface area contributed by atoms with Crippen LogP contribution in [0.4, 0.5) is 0 Å². The van der Waals surface area contributed by atoms with Gasteiger partial charge in [-0.15, -0.1) is 23.2 Å². The normalized spacial score (nSPS) is 17.3. The average Bonchev–Trinajstić information content (AvgIpc) is 3.96. The molecule has 0 spiro atoms. The van der Waals surface area contributed by atoms with Crippen molar-refractivity contribution in [2.45, 2.75) is 201 Å². The number of hydrogen-bond donors (Lipinski definition) is 1. The third kappa shape index (κ3) is 44.6. The SMILES string of the molecule is C=CC(=O)CCCC(C)(C)C.CC(C)(C)C1CO1.CC(C)(C)CC1CO1.CC(C)(C)CCCC(=O)CCl.CC(C)(C)CNC(=O)C1(C#N)CC1.CN(CCC(C)(C)C)C(=O)CCl. The molecule has 3 aliphatic rings. The van der Waals surface area contributed by atoms with Crippen LogP contribution in [0.15, 0.2) is 12.7 Å². The lowest BCUT2D eigenvalue weighted by Crippen LogP contribution is -2.37. The first-order valence-corrected chi connectivity index (χ1v) is 23.9. The molecule has 2 amide bonds. The van der Waals surface area contributed by atoms with E-state index in [4.69, 9.17) is 37.9 Å². The Morgan fingerprint density at radius 3 is 1.44 bits per heavy atom. The van der Waals surface area contributed by atoms with E-state index in [2.05, 4.69) is 143 Å². The minimum absolute atomic E-state index is 0.000849. The molecule has 2 unspecified atom stereocenters. The van der Waals surface area contributed by atoms with Crippen molar-refractivity contribution in [3.63, 3.8) is 0 Å². The monoisotopic (exact) mass is 916 g/mol. The number of Topliss-reactive ketones (excluding diaryl/α,β-unsaturated/α-hetero) is 1. The van der Waals surface area contributed by atoms with E-state index in [1.54, 1.807) is 11.9 Å². The zero-order valence-corrected chi connectivity index (χ0v) is 44.9.